The zero-order valence-corrected chi connectivity index (χ0v) is 25.5. The van der Waals surface area contributed by atoms with Gasteiger partial charge in [0.2, 0.25) is 0 Å². The van der Waals surface area contributed by atoms with Gasteiger partial charge < -0.3 is 4.90 Å². The van der Waals surface area contributed by atoms with Crippen molar-refractivity contribution < 1.29 is 0 Å². The van der Waals surface area contributed by atoms with Crippen molar-refractivity contribution in [2.75, 3.05) is 4.90 Å². The zero-order chi connectivity index (χ0) is 29.2. The molecular formula is C37H27N3S2. The van der Waals surface area contributed by atoms with Crippen LogP contribution in [0, 0.1) is 36.5 Å². The highest BCUT2D eigenvalue weighted by molar-refractivity contribution is 7.33. The molecule has 2 heterocycles. The third-order valence-corrected chi connectivity index (χ3v) is 10.9. The normalized spacial score (nSPS) is 12.9. The minimum Gasteiger partial charge on any atom is -0.310 e. The summed E-state index contributed by atoms with van der Waals surface area (Å²) in [6, 6.07) is 35.1. The van der Waals surface area contributed by atoms with Crippen molar-refractivity contribution in [3.63, 3.8) is 0 Å². The van der Waals surface area contributed by atoms with Crippen LogP contribution in [0.3, 0.4) is 0 Å². The largest absolute Gasteiger partial charge is 0.310 e. The lowest BCUT2D eigenvalue weighted by molar-refractivity contribution is 0.660. The van der Waals surface area contributed by atoms with Crippen molar-refractivity contribution in [2.24, 2.45) is 0 Å². The Morgan fingerprint density at radius 1 is 0.714 bits per heavy atom. The number of nitriles is 2. The van der Waals surface area contributed by atoms with Gasteiger partial charge in [0.15, 0.2) is 0 Å². The first kappa shape index (κ1) is 26.2. The third kappa shape index (κ3) is 4.05. The Morgan fingerprint density at radius 3 is 2.19 bits per heavy atom. The second kappa shape index (κ2) is 9.71. The molecule has 4 aromatic carbocycles. The van der Waals surface area contributed by atoms with Crippen molar-refractivity contribution in [2.45, 2.75) is 33.1 Å². The predicted octanol–water partition coefficient (Wildman–Crippen LogP) is 10.9. The van der Waals surface area contributed by atoms with Crippen LogP contribution >= 0.6 is 22.7 Å². The van der Waals surface area contributed by atoms with Gasteiger partial charge in [-0.1, -0.05) is 56.3 Å². The van der Waals surface area contributed by atoms with E-state index < -0.39 is 0 Å². The van der Waals surface area contributed by atoms with Crippen molar-refractivity contribution >= 4 is 65.3 Å². The summed E-state index contributed by atoms with van der Waals surface area (Å²) in [5, 5.41) is 19.5. The monoisotopic (exact) mass is 577 g/mol. The average Bonchev–Trinajstić information content (AvgIpc) is 3.61. The van der Waals surface area contributed by atoms with Crippen molar-refractivity contribution in [3.8, 4) is 23.3 Å². The van der Waals surface area contributed by atoms with Gasteiger partial charge in [0, 0.05) is 42.1 Å². The van der Waals surface area contributed by atoms with Gasteiger partial charge in [-0.25, -0.2) is 0 Å². The zero-order valence-electron chi connectivity index (χ0n) is 23.8. The molecule has 0 saturated heterocycles. The Morgan fingerprint density at radius 2 is 1.40 bits per heavy atom. The van der Waals surface area contributed by atoms with E-state index in [4.69, 9.17) is 0 Å². The number of rotatable bonds is 4. The Hall–Kier alpha value is -4.68. The fourth-order valence-corrected chi connectivity index (χ4v) is 8.65. The van der Waals surface area contributed by atoms with Crippen LogP contribution in [-0.2, 0) is 5.41 Å². The van der Waals surface area contributed by atoms with Crippen LogP contribution in [0.4, 0.5) is 17.1 Å². The van der Waals surface area contributed by atoms with E-state index in [1.807, 2.05) is 12.1 Å². The summed E-state index contributed by atoms with van der Waals surface area (Å²) in [5.41, 5.74) is 11.3. The number of fused-ring (bicyclic) bond motifs is 6. The summed E-state index contributed by atoms with van der Waals surface area (Å²) in [4.78, 5) is 3.30. The van der Waals surface area contributed by atoms with Gasteiger partial charge in [-0.3, -0.25) is 0 Å². The van der Waals surface area contributed by atoms with Crippen LogP contribution in [0.5, 0.6) is 0 Å². The number of aryl methyl sites for hydroxylation is 2. The van der Waals surface area contributed by atoms with E-state index in [1.165, 1.54) is 52.9 Å². The lowest BCUT2D eigenvalue weighted by Gasteiger charge is -2.28. The first-order valence-corrected chi connectivity index (χ1v) is 15.5. The van der Waals surface area contributed by atoms with E-state index >= 15 is 0 Å². The number of anilines is 3. The summed E-state index contributed by atoms with van der Waals surface area (Å²) in [5.74, 6) is 0. The first-order valence-electron chi connectivity index (χ1n) is 13.9. The van der Waals surface area contributed by atoms with Gasteiger partial charge in [0.1, 0.15) is 17.7 Å². The molecule has 0 bridgehead atoms. The average molecular weight is 578 g/mol. The molecule has 1 aliphatic rings. The van der Waals surface area contributed by atoms with Gasteiger partial charge in [0.25, 0.3) is 0 Å². The fraction of sp³-hybridized carbons (Fsp3) is 0.135. The van der Waals surface area contributed by atoms with E-state index in [2.05, 4.69) is 118 Å². The molecule has 0 N–H and O–H groups in total. The molecule has 5 heteroatoms. The van der Waals surface area contributed by atoms with Crippen molar-refractivity contribution in [1.29, 1.82) is 10.5 Å². The van der Waals surface area contributed by atoms with Crippen molar-refractivity contribution in [3.05, 3.63) is 118 Å². The molecule has 0 radical (unpaired) electrons. The van der Waals surface area contributed by atoms with Crippen LogP contribution in [0.15, 0.2) is 90.5 Å². The number of hydrogen-bond acceptors (Lipinski definition) is 5. The summed E-state index contributed by atoms with van der Waals surface area (Å²) in [7, 11) is 0. The molecule has 1 aliphatic carbocycles. The third-order valence-electron chi connectivity index (χ3n) is 8.51. The van der Waals surface area contributed by atoms with Gasteiger partial charge in [-0.2, -0.15) is 10.5 Å². The Labute approximate surface area is 253 Å². The summed E-state index contributed by atoms with van der Waals surface area (Å²) in [6.45, 7) is 8.98. The molecule has 42 heavy (non-hydrogen) atoms. The summed E-state index contributed by atoms with van der Waals surface area (Å²) in [6.07, 6.45) is 1.67. The van der Waals surface area contributed by atoms with Crippen LogP contribution in [-0.4, -0.2) is 0 Å². The summed E-state index contributed by atoms with van der Waals surface area (Å²) >= 11 is 3.38. The molecule has 2 aromatic heterocycles. The second-order valence-electron chi connectivity index (χ2n) is 11.4. The van der Waals surface area contributed by atoms with E-state index in [-0.39, 0.29) is 11.0 Å². The van der Waals surface area contributed by atoms with Gasteiger partial charge in [-0.05, 0) is 95.8 Å². The van der Waals surface area contributed by atoms with E-state index in [0.717, 1.165) is 21.9 Å². The lowest BCUT2D eigenvalue weighted by Crippen LogP contribution is -2.16. The van der Waals surface area contributed by atoms with Crippen LogP contribution in [0.25, 0.3) is 36.7 Å². The maximum Gasteiger partial charge on any atom is 0.131 e. The summed E-state index contributed by atoms with van der Waals surface area (Å²) < 4.78 is 3.58. The van der Waals surface area contributed by atoms with Gasteiger partial charge in [-0.15, -0.1) is 22.7 Å². The van der Waals surface area contributed by atoms with E-state index in [1.54, 1.807) is 28.7 Å². The predicted molar refractivity (Wildman–Crippen MR) is 178 cm³/mol. The highest BCUT2D eigenvalue weighted by atomic mass is 32.1. The molecule has 7 rings (SSSR count). The molecule has 0 unspecified atom stereocenters. The molecule has 6 aromatic rings. The number of hydrogen-bond donors (Lipinski definition) is 0. The maximum atomic E-state index is 9.17. The Balaban J connectivity index is 1.38. The standard InChI is InChI=1S/C37H27N3S2/c1-22-9-10-25(15-23(22)2)40(26-11-13-30-29-7-5-6-8-32(29)37(3,4)33(30)17-26)27-12-14-31-34(18-27)42-35-19-28(41-36(31)35)16-24(20-38)21-39/h5-19H,1-4H3. The Bertz CT molecular complexity index is 2160. The molecule has 0 fully saturated rings. The first-order chi connectivity index (χ1) is 20.3. The number of thiophene rings is 2. The van der Waals surface area contributed by atoms with Gasteiger partial charge >= 0.3 is 0 Å². The molecule has 0 spiro atoms. The molecule has 0 saturated carbocycles. The molecular weight excluding hydrogens is 551 g/mol. The number of nitrogens with zero attached hydrogens (tertiary/aromatic N) is 3. The minimum atomic E-state index is -0.0814. The molecule has 0 aliphatic heterocycles. The topological polar surface area (TPSA) is 50.8 Å². The maximum absolute atomic E-state index is 9.17. The highest BCUT2D eigenvalue weighted by Crippen LogP contribution is 2.51. The molecule has 3 nitrogen and oxygen atoms in total. The molecule has 0 atom stereocenters. The van der Waals surface area contributed by atoms with Gasteiger partial charge in [0.05, 0.1) is 4.70 Å². The van der Waals surface area contributed by atoms with E-state index in [0.29, 0.717) is 0 Å². The Kier molecular flexibility index (Phi) is 6.06. The van der Waals surface area contributed by atoms with Crippen LogP contribution in [0.2, 0.25) is 0 Å². The highest BCUT2D eigenvalue weighted by Gasteiger charge is 2.35. The molecule has 202 valence electrons. The smallest absolute Gasteiger partial charge is 0.131 e. The van der Waals surface area contributed by atoms with Crippen molar-refractivity contribution in [1.82, 2.24) is 0 Å². The SMILES string of the molecule is Cc1ccc(N(c2ccc3c(c2)C(C)(C)c2ccccc2-3)c2ccc3c(c2)sc2cc(C=C(C#N)C#N)sc23)cc1C. The van der Waals surface area contributed by atoms with Crippen LogP contribution in [0.1, 0.15) is 41.0 Å². The van der Waals surface area contributed by atoms with Crippen LogP contribution < -0.4 is 4.90 Å². The quantitative estimate of drug-likeness (QED) is 0.196. The number of benzene rings is 4. The minimum absolute atomic E-state index is 0.0814. The fourth-order valence-electron chi connectivity index (χ4n) is 6.14. The number of allylic oxidation sites excluding steroid dienone is 1. The lowest BCUT2D eigenvalue weighted by atomic mass is 9.82. The second-order valence-corrected chi connectivity index (χ2v) is 13.6. The van der Waals surface area contributed by atoms with E-state index in [9.17, 15) is 10.5 Å². The molecule has 0 amide bonds.